The van der Waals surface area contributed by atoms with E-state index in [9.17, 15) is 18.0 Å². The molecule has 0 aromatic heterocycles. The van der Waals surface area contributed by atoms with Gasteiger partial charge in [0.15, 0.2) is 5.78 Å². The van der Waals surface area contributed by atoms with E-state index in [0.717, 1.165) is 5.56 Å². The second-order valence-electron chi connectivity index (χ2n) is 8.81. The van der Waals surface area contributed by atoms with Crippen LogP contribution in [0.3, 0.4) is 0 Å². The van der Waals surface area contributed by atoms with E-state index in [-0.39, 0.29) is 27.3 Å². The molecule has 0 saturated heterocycles. The molecule has 3 aromatic rings. The molecule has 0 amide bonds. The van der Waals surface area contributed by atoms with Crippen molar-refractivity contribution in [2.45, 2.75) is 38.0 Å². The van der Waals surface area contributed by atoms with E-state index in [1.165, 1.54) is 25.3 Å². The van der Waals surface area contributed by atoms with Crippen LogP contribution in [-0.4, -0.2) is 27.3 Å². The normalized spacial score (nSPS) is 11.7. The van der Waals surface area contributed by atoms with Gasteiger partial charge in [0, 0.05) is 16.8 Å². The van der Waals surface area contributed by atoms with Crippen LogP contribution in [0, 0.1) is 6.92 Å². The van der Waals surface area contributed by atoms with Crippen molar-refractivity contribution in [2.24, 2.45) is 0 Å². The zero-order valence-electron chi connectivity index (χ0n) is 19.3. The number of aryl methyl sites for hydroxylation is 1. The minimum atomic E-state index is -3.99. The molecule has 6 nitrogen and oxygen atoms in total. The first-order chi connectivity index (χ1) is 15.4. The molecular weight excluding hydrogens is 438 g/mol. The third kappa shape index (κ3) is 5.49. The lowest BCUT2D eigenvalue weighted by Crippen LogP contribution is -2.15. The first-order valence-corrected chi connectivity index (χ1v) is 11.9. The van der Waals surface area contributed by atoms with Crippen LogP contribution in [-0.2, 0) is 20.2 Å². The Morgan fingerprint density at radius 2 is 1.55 bits per heavy atom. The van der Waals surface area contributed by atoms with Gasteiger partial charge in [-0.15, -0.1) is 0 Å². The summed E-state index contributed by atoms with van der Waals surface area (Å²) < 4.78 is 33.0. The Morgan fingerprint density at radius 3 is 2.15 bits per heavy atom. The van der Waals surface area contributed by atoms with Crippen LogP contribution in [0.5, 0.6) is 0 Å². The van der Waals surface area contributed by atoms with Crippen LogP contribution in [0.4, 0.5) is 5.69 Å². The largest absolute Gasteiger partial charge is 0.465 e. The number of carbonyl (C=O) groups excluding carboxylic acids is 2. The molecule has 1 N–H and O–H groups in total. The number of ether oxygens (including phenoxy) is 1. The lowest BCUT2D eigenvalue weighted by atomic mass is 9.86. The average Bonchev–Trinajstić information content (AvgIpc) is 2.77. The second kappa shape index (κ2) is 9.19. The fraction of sp³-hybridized carbons (Fsp3) is 0.231. The maximum absolute atomic E-state index is 13.0. The molecule has 0 aliphatic rings. The molecule has 0 unspecified atom stereocenters. The number of anilines is 1. The van der Waals surface area contributed by atoms with Crippen molar-refractivity contribution in [2.75, 3.05) is 11.8 Å². The molecule has 33 heavy (non-hydrogen) atoms. The fourth-order valence-corrected chi connectivity index (χ4v) is 4.40. The molecule has 0 bridgehead atoms. The summed E-state index contributed by atoms with van der Waals surface area (Å²) in [6, 6.07) is 17.9. The maximum Gasteiger partial charge on any atom is 0.338 e. The first-order valence-electron chi connectivity index (χ1n) is 10.4. The van der Waals surface area contributed by atoms with Crippen LogP contribution in [0.15, 0.2) is 71.6 Å². The molecule has 0 radical (unpaired) electrons. The summed E-state index contributed by atoms with van der Waals surface area (Å²) in [5.41, 5.74) is 2.98. The fourth-order valence-electron chi connectivity index (χ4n) is 3.32. The number of rotatable bonds is 6. The van der Waals surface area contributed by atoms with Gasteiger partial charge in [-0.05, 0) is 47.7 Å². The second-order valence-corrected chi connectivity index (χ2v) is 10.5. The highest BCUT2D eigenvalue weighted by Gasteiger charge is 2.20. The van der Waals surface area contributed by atoms with Gasteiger partial charge in [0.25, 0.3) is 10.0 Å². The van der Waals surface area contributed by atoms with E-state index in [1.807, 2.05) is 12.1 Å². The van der Waals surface area contributed by atoms with Crippen molar-refractivity contribution >= 4 is 27.5 Å². The number of carbonyl (C=O) groups is 2. The molecule has 172 valence electrons. The maximum atomic E-state index is 13.0. The third-order valence-electron chi connectivity index (χ3n) is 5.31. The Hall–Kier alpha value is -3.45. The zero-order valence-corrected chi connectivity index (χ0v) is 20.1. The van der Waals surface area contributed by atoms with Gasteiger partial charge in [-0.2, -0.15) is 0 Å². The first kappa shape index (κ1) is 24.2. The van der Waals surface area contributed by atoms with Gasteiger partial charge in [-0.3, -0.25) is 9.52 Å². The van der Waals surface area contributed by atoms with Gasteiger partial charge in [-0.1, -0.05) is 63.2 Å². The predicted molar refractivity (Wildman–Crippen MR) is 128 cm³/mol. The van der Waals surface area contributed by atoms with Crippen LogP contribution in [0.2, 0.25) is 0 Å². The number of hydrogen-bond donors (Lipinski definition) is 1. The Bertz CT molecular complexity index is 1300. The summed E-state index contributed by atoms with van der Waals surface area (Å²) in [7, 11) is -2.76. The van der Waals surface area contributed by atoms with E-state index in [0.29, 0.717) is 16.7 Å². The Kier molecular flexibility index (Phi) is 6.74. The van der Waals surface area contributed by atoms with Crippen LogP contribution < -0.4 is 4.72 Å². The number of ketones is 1. The van der Waals surface area contributed by atoms with Crippen molar-refractivity contribution in [3.63, 3.8) is 0 Å². The van der Waals surface area contributed by atoms with Crippen molar-refractivity contribution in [3.05, 3.63) is 94.5 Å². The molecule has 0 fully saturated rings. The third-order valence-corrected chi connectivity index (χ3v) is 6.69. The van der Waals surface area contributed by atoms with E-state index in [1.54, 1.807) is 43.3 Å². The zero-order chi connectivity index (χ0) is 24.4. The summed E-state index contributed by atoms with van der Waals surface area (Å²) in [4.78, 5) is 24.8. The molecular formula is C26H27NO5S. The van der Waals surface area contributed by atoms with Crippen LogP contribution in [0.1, 0.15) is 58.2 Å². The number of nitrogens with one attached hydrogen (secondary N) is 1. The van der Waals surface area contributed by atoms with E-state index < -0.39 is 16.0 Å². The van der Waals surface area contributed by atoms with Gasteiger partial charge in [0.2, 0.25) is 0 Å². The van der Waals surface area contributed by atoms with Gasteiger partial charge in [-0.25, -0.2) is 13.2 Å². The minimum absolute atomic E-state index is 0.0243. The molecule has 0 spiro atoms. The SMILES string of the molecule is COC(=O)c1cc(S(=O)(=O)Nc2cccc(C(=O)c3ccc(C(C)(C)C)cc3)c2)ccc1C. The van der Waals surface area contributed by atoms with Crippen LogP contribution in [0.25, 0.3) is 0 Å². The molecule has 3 rings (SSSR count). The van der Waals surface area contributed by atoms with Gasteiger partial charge in [0.1, 0.15) is 0 Å². The molecule has 0 atom stereocenters. The van der Waals surface area contributed by atoms with Gasteiger partial charge < -0.3 is 4.74 Å². The van der Waals surface area contributed by atoms with Crippen LogP contribution >= 0.6 is 0 Å². The highest BCUT2D eigenvalue weighted by Crippen LogP contribution is 2.24. The topological polar surface area (TPSA) is 89.5 Å². The number of hydrogen-bond acceptors (Lipinski definition) is 5. The highest BCUT2D eigenvalue weighted by atomic mass is 32.2. The lowest BCUT2D eigenvalue weighted by Gasteiger charge is -2.19. The predicted octanol–water partition coefficient (Wildman–Crippen LogP) is 5.11. The quantitative estimate of drug-likeness (QED) is 0.404. The van der Waals surface area contributed by atoms with Crippen molar-refractivity contribution in [3.8, 4) is 0 Å². The molecule has 7 heteroatoms. The number of esters is 1. The van der Waals surface area contributed by atoms with Gasteiger partial charge >= 0.3 is 5.97 Å². The Labute approximate surface area is 194 Å². The molecule has 0 aliphatic heterocycles. The minimum Gasteiger partial charge on any atom is -0.465 e. The Balaban J connectivity index is 1.87. The molecule has 0 heterocycles. The van der Waals surface area contributed by atoms with Gasteiger partial charge in [0.05, 0.1) is 17.6 Å². The summed E-state index contributed by atoms with van der Waals surface area (Å²) in [6.07, 6.45) is 0. The molecule has 0 saturated carbocycles. The van der Waals surface area contributed by atoms with E-state index in [2.05, 4.69) is 25.5 Å². The number of benzene rings is 3. The number of sulfonamides is 1. The van der Waals surface area contributed by atoms with Crippen molar-refractivity contribution < 1.29 is 22.7 Å². The monoisotopic (exact) mass is 465 g/mol. The van der Waals surface area contributed by atoms with Crippen molar-refractivity contribution in [1.29, 1.82) is 0 Å². The number of methoxy groups -OCH3 is 1. The highest BCUT2D eigenvalue weighted by molar-refractivity contribution is 7.92. The molecule has 3 aromatic carbocycles. The summed E-state index contributed by atoms with van der Waals surface area (Å²) >= 11 is 0. The smallest absolute Gasteiger partial charge is 0.338 e. The summed E-state index contributed by atoms with van der Waals surface area (Å²) in [6.45, 7) is 7.99. The summed E-state index contributed by atoms with van der Waals surface area (Å²) in [5.74, 6) is -0.825. The summed E-state index contributed by atoms with van der Waals surface area (Å²) in [5, 5.41) is 0. The molecule has 0 aliphatic carbocycles. The average molecular weight is 466 g/mol. The standard InChI is InChI=1S/C26H27NO5S/c1-17-9-14-22(16-23(17)25(29)32-5)33(30,31)27-21-8-6-7-19(15-21)24(28)18-10-12-20(13-11-18)26(2,3)4/h6-16,27H,1-5H3. The van der Waals surface area contributed by atoms with Crippen molar-refractivity contribution in [1.82, 2.24) is 0 Å². The lowest BCUT2D eigenvalue weighted by molar-refractivity contribution is 0.0599. The Morgan fingerprint density at radius 1 is 0.879 bits per heavy atom. The van der Waals surface area contributed by atoms with E-state index in [4.69, 9.17) is 4.74 Å². The van der Waals surface area contributed by atoms with E-state index >= 15 is 0 Å².